The van der Waals surface area contributed by atoms with Gasteiger partial charge in [0.2, 0.25) is 0 Å². The maximum absolute atomic E-state index is 5.86. The van der Waals surface area contributed by atoms with E-state index in [-0.39, 0.29) is 6.04 Å². The van der Waals surface area contributed by atoms with E-state index in [1.54, 1.807) is 0 Å². The molecule has 1 atom stereocenters. The summed E-state index contributed by atoms with van der Waals surface area (Å²) < 4.78 is 5.86. The van der Waals surface area contributed by atoms with Gasteiger partial charge in [-0.25, -0.2) is 5.43 Å². The maximum atomic E-state index is 5.86. The summed E-state index contributed by atoms with van der Waals surface area (Å²) in [5.74, 6) is 6.58. The SMILES string of the molecule is CCN(CC)CCC(NN)c1cc2ccccc2o1. The third kappa shape index (κ3) is 3.35. The topological polar surface area (TPSA) is 54.4 Å². The fourth-order valence-electron chi connectivity index (χ4n) is 2.33. The minimum absolute atomic E-state index is 0.0630. The zero-order valence-corrected chi connectivity index (χ0v) is 11.7. The van der Waals surface area contributed by atoms with E-state index < -0.39 is 0 Å². The Morgan fingerprint density at radius 3 is 2.63 bits per heavy atom. The molecule has 1 heterocycles. The van der Waals surface area contributed by atoms with Gasteiger partial charge in [0.05, 0.1) is 6.04 Å². The van der Waals surface area contributed by atoms with Gasteiger partial charge < -0.3 is 9.32 Å². The van der Waals surface area contributed by atoms with Crippen LogP contribution in [0.15, 0.2) is 34.7 Å². The molecular formula is C15H23N3O. The van der Waals surface area contributed by atoms with Crippen LogP contribution in [-0.4, -0.2) is 24.5 Å². The highest BCUT2D eigenvalue weighted by atomic mass is 16.3. The molecule has 0 bridgehead atoms. The van der Waals surface area contributed by atoms with E-state index in [0.29, 0.717) is 0 Å². The van der Waals surface area contributed by atoms with Gasteiger partial charge in [0.25, 0.3) is 0 Å². The van der Waals surface area contributed by atoms with Crippen LogP contribution in [0.2, 0.25) is 0 Å². The molecule has 2 rings (SSSR count). The van der Waals surface area contributed by atoms with Crippen molar-refractivity contribution < 1.29 is 4.42 Å². The standard InChI is InChI=1S/C15H23N3O/c1-3-18(4-2)10-9-13(17-16)15-11-12-7-5-6-8-14(12)19-15/h5-8,11,13,17H,3-4,9-10,16H2,1-2H3. The second kappa shape index (κ2) is 6.70. The molecule has 19 heavy (non-hydrogen) atoms. The Balaban J connectivity index is 2.08. The normalized spacial score (nSPS) is 13.3. The Hall–Kier alpha value is -1.36. The number of nitrogens with zero attached hydrogens (tertiary/aromatic N) is 1. The van der Waals surface area contributed by atoms with Crippen LogP contribution >= 0.6 is 0 Å². The van der Waals surface area contributed by atoms with Gasteiger partial charge >= 0.3 is 0 Å². The Labute approximate surface area is 114 Å². The van der Waals surface area contributed by atoms with Crippen LogP contribution < -0.4 is 11.3 Å². The van der Waals surface area contributed by atoms with Crippen molar-refractivity contribution in [2.24, 2.45) is 5.84 Å². The smallest absolute Gasteiger partial charge is 0.134 e. The number of hydrogen-bond acceptors (Lipinski definition) is 4. The molecule has 4 nitrogen and oxygen atoms in total. The number of furan rings is 1. The minimum atomic E-state index is 0.0630. The number of hydrogen-bond donors (Lipinski definition) is 2. The van der Waals surface area contributed by atoms with Crippen LogP contribution in [0.25, 0.3) is 11.0 Å². The van der Waals surface area contributed by atoms with E-state index >= 15 is 0 Å². The Bertz CT molecular complexity index is 472. The van der Waals surface area contributed by atoms with Crippen molar-refractivity contribution in [3.8, 4) is 0 Å². The van der Waals surface area contributed by atoms with Crippen molar-refractivity contribution >= 4 is 11.0 Å². The van der Waals surface area contributed by atoms with Gasteiger partial charge in [0.1, 0.15) is 11.3 Å². The molecule has 0 saturated heterocycles. The predicted molar refractivity (Wildman–Crippen MR) is 78.7 cm³/mol. The molecule has 0 aliphatic carbocycles. The van der Waals surface area contributed by atoms with Crippen LogP contribution in [0.4, 0.5) is 0 Å². The highest BCUT2D eigenvalue weighted by Gasteiger charge is 2.15. The summed E-state index contributed by atoms with van der Waals surface area (Å²) in [5, 5.41) is 1.13. The van der Waals surface area contributed by atoms with E-state index in [1.165, 1.54) is 0 Å². The first kappa shape index (κ1) is 14.1. The molecule has 1 aromatic carbocycles. The Morgan fingerprint density at radius 2 is 2.00 bits per heavy atom. The summed E-state index contributed by atoms with van der Waals surface area (Å²) in [7, 11) is 0. The van der Waals surface area contributed by atoms with Crippen molar-refractivity contribution in [1.29, 1.82) is 0 Å². The highest BCUT2D eigenvalue weighted by Crippen LogP contribution is 2.25. The van der Waals surface area contributed by atoms with E-state index in [2.05, 4.69) is 36.3 Å². The second-order valence-corrected chi connectivity index (χ2v) is 4.72. The molecule has 1 unspecified atom stereocenters. The molecule has 0 aliphatic rings. The average Bonchev–Trinajstić information content (AvgIpc) is 2.87. The molecule has 104 valence electrons. The summed E-state index contributed by atoms with van der Waals surface area (Å²) in [5.41, 5.74) is 3.78. The van der Waals surface area contributed by atoms with E-state index in [9.17, 15) is 0 Å². The van der Waals surface area contributed by atoms with Crippen LogP contribution in [-0.2, 0) is 0 Å². The Kier molecular flexibility index (Phi) is 4.96. The summed E-state index contributed by atoms with van der Waals surface area (Å²) >= 11 is 0. The van der Waals surface area contributed by atoms with Gasteiger partial charge in [0, 0.05) is 11.9 Å². The molecule has 0 radical (unpaired) electrons. The third-order valence-corrected chi connectivity index (χ3v) is 3.62. The summed E-state index contributed by atoms with van der Waals surface area (Å²) in [6.45, 7) is 7.49. The molecule has 0 fully saturated rings. The van der Waals surface area contributed by atoms with Gasteiger partial charge in [-0.05, 0) is 31.6 Å². The molecule has 0 amide bonds. The largest absolute Gasteiger partial charge is 0.459 e. The van der Waals surface area contributed by atoms with Crippen LogP contribution in [0.5, 0.6) is 0 Å². The molecule has 0 aliphatic heterocycles. The first-order valence-electron chi connectivity index (χ1n) is 6.95. The average molecular weight is 261 g/mol. The molecule has 2 aromatic rings. The van der Waals surface area contributed by atoms with E-state index in [0.717, 1.165) is 42.8 Å². The molecule has 0 saturated carbocycles. The lowest BCUT2D eigenvalue weighted by molar-refractivity contribution is 0.273. The van der Waals surface area contributed by atoms with Crippen molar-refractivity contribution in [3.63, 3.8) is 0 Å². The zero-order valence-electron chi connectivity index (χ0n) is 11.7. The molecule has 3 N–H and O–H groups in total. The van der Waals surface area contributed by atoms with Crippen molar-refractivity contribution in [3.05, 3.63) is 36.1 Å². The highest BCUT2D eigenvalue weighted by molar-refractivity contribution is 5.77. The summed E-state index contributed by atoms with van der Waals surface area (Å²) in [4.78, 5) is 2.38. The van der Waals surface area contributed by atoms with Crippen molar-refractivity contribution in [2.75, 3.05) is 19.6 Å². The van der Waals surface area contributed by atoms with Gasteiger partial charge in [-0.2, -0.15) is 0 Å². The number of nitrogens with one attached hydrogen (secondary N) is 1. The van der Waals surface area contributed by atoms with Gasteiger partial charge in [-0.1, -0.05) is 32.0 Å². The molecule has 1 aromatic heterocycles. The number of nitrogens with two attached hydrogens (primary N) is 1. The number of hydrazine groups is 1. The van der Waals surface area contributed by atoms with Crippen LogP contribution in [0.3, 0.4) is 0 Å². The number of rotatable bonds is 7. The summed E-state index contributed by atoms with van der Waals surface area (Å²) in [6, 6.07) is 10.2. The van der Waals surface area contributed by atoms with Gasteiger partial charge in [-0.3, -0.25) is 5.84 Å². The zero-order chi connectivity index (χ0) is 13.7. The lowest BCUT2D eigenvalue weighted by Gasteiger charge is -2.21. The quantitative estimate of drug-likeness (QED) is 0.594. The molecule has 0 spiro atoms. The van der Waals surface area contributed by atoms with Gasteiger partial charge in [0.15, 0.2) is 0 Å². The molecular weight excluding hydrogens is 238 g/mol. The van der Waals surface area contributed by atoms with E-state index in [4.69, 9.17) is 10.3 Å². The van der Waals surface area contributed by atoms with Crippen molar-refractivity contribution in [2.45, 2.75) is 26.3 Å². The van der Waals surface area contributed by atoms with Gasteiger partial charge in [-0.15, -0.1) is 0 Å². The fourth-order valence-corrected chi connectivity index (χ4v) is 2.33. The second-order valence-electron chi connectivity index (χ2n) is 4.72. The lowest BCUT2D eigenvalue weighted by Crippen LogP contribution is -2.32. The fraction of sp³-hybridized carbons (Fsp3) is 0.467. The van der Waals surface area contributed by atoms with Crippen LogP contribution in [0.1, 0.15) is 32.1 Å². The van der Waals surface area contributed by atoms with Crippen molar-refractivity contribution in [1.82, 2.24) is 10.3 Å². The lowest BCUT2D eigenvalue weighted by atomic mass is 10.1. The van der Waals surface area contributed by atoms with Crippen LogP contribution in [0, 0.1) is 0 Å². The number of benzene rings is 1. The first-order valence-corrected chi connectivity index (χ1v) is 6.95. The maximum Gasteiger partial charge on any atom is 0.134 e. The van der Waals surface area contributed by atoms with E-state index in [1.807, 2.05) is 18.2 Å². The monoisotopic (exact) mass is 261 g/mol. The number of para-hydroxylation sites is 1. The predicted octanol–water partition coefficient (Wildman–Crippen LogP) is 2.67. The summed E-state index contributed by atoms with van der Waals surface area (Å²) in [6.07, 6.45) is 0.942. The molecule has 4 heteroatoms. The first-order chi connectivity index (χ1) is 9.28. The Morgan fingerprint density at radius 1 is 1.26 bits per heavy atom. The minimum Gasteiger partial charge on any atom is -0.459 e. The third-order valence-electron chi connectivity index (χ3n) is 3.62. The number of fused-ring (bicyclic) bond motifs is 1.